The third-order valence-corrected chi connectivity index (χ3v) is 3.42. The van der Waals surface area contributed by atoms with Crippen molar-refractivity contribution in [2.75, 3.05) is 5.01 Å². The average molecular weight is 364 g/mol. The van der Waals surface area contributed by atoms with Gasteiger partial charge in [-0.2, -0.15) is 10.1 Å². The second kappa shape index (κ2) is 7.82. The molecule has 0 spiro atoms. The zero-order valence-corrected chi connectivity index (χ0v) is 15.4. The molecule has 3 aromatic rings. The monoisotopic (exact) mass is 364 g/mol. The van der Waals surface area contributed by atoms with Crippen LogP contribution < -0.4 is 5.01 Å². The lowest BCUT2D eigenvalue weighted by Crippen LogP contribution is -2.33. The highest BCUT2D eigenvalue weighted by Gasteiger charge is 2.23. The number of pyridine rings is 1. The van der Waals surface area contributed by atoms with Gasteiger partial charge in [0.25, 0.3) is 0 Å². The van der Waals surface area contributed by atoms with Gasteiger partial charge in [0, 0.05) is 18.0 Å². The van der Waals surface area contributed by atoms with Gasteiger partial charge in [0.15, 0.2) is 12.2 Å². The minimum Gasteiger partial charge on any atom is -0.444 e. The van der Waals surface area contributed by atoms with E-state index < -0.39 is 11.7 Å². The van der Waals surface area contributed by atoms with Crippen LogP contribution in [0.1, 0.15) is 26.3 Å². The highest BCUT2D eigenvalue weighted by Crippen LogP contribution is 2.24. The van der Waals surface area contributed by atoms with Crippen LogP contribution >= 0.6 is 0 Å². The number of carbonyl (C=O) groups is 1. The molecule has 2 heterocycles. The highest BCUT2D eigenvalue weighted by atomic mass is 16.6. The van der Waals surface area contributed by atoms with Crippen LogP contribution in [0.5, 0.6) is 0 Å². The maximum absolute atomic E-state index is 12.6. The van der Waals surface area contributed by atoms with Gasteiger partial charge in [0.2, 0.25) is 0 Å². The Bertz CT molecular complexity index is 899. The van der Waals surface area contributed by atoms with E-state index in [1.807, 2.05) is 32.9 Å². The molecule has 1 aromatic carbocycles. The quantitative estimate of drug-likeness (QED) is 0.502. The van der Waals surface area contributed by atoms with Gasteiger partial charge >= 0.3 is 6.09 Å². The zero-order chi connectivity index (χ0) is 19.3. The molecule has 0 N–H and O–H groups in total. The summed E-state index contributed by atoms with van der Waals surface area (Å²) in [5.41, 5.74) is 1.59. The van der Waals surface area contributed by atoms with E-state index in [1.165, 1.54) is 11.4 Å². The maximum atomic E-state index is 12.6. The second-order valence-corrected chi connectivity index (χ2v) is 6.73. The van der Waals surface area contributed by atoms with Crippen LogP contribution in [0.25, 0.3) is 11.3 Å². The van der Waals surface area contributed by atoms with Crippen molar-refractivity contribution < 1.29 is 13.9 Å². The van der Waals surface area contributed by atoms with Crippen LogP contribution in [0.4, 0.5) is 10.5 Å². The molecule has 0 bridgehead atoms. The van der Waals surface area contributed by atoms with Crippen molar-refractivity contribution >= 4 is 18.0 Å². The van der Waals surface area contributed by atoms with Crippen molar-refractivity contribution in [2.24, 2.45) is 5.10 Å². The first kappa shape index (κ1) is 18.3. The van der Waals surface area contributed by atoms with Gasteiger partial charge in [-0.1, -0.05) is 0 Å². The van der Waals surface area contributed by atoms with Gasteiger partial charge < -0.3 is 9.15 Å². The SMILES string of the molecule is CC(C)(C)OC(=O)N(/N=C\c1ccncc1)c1ccc(-c2cnco2)cc1. The Morgan fingerprint density at radius 3 is 2.41 bits per heavy atom. The molecular formula is C20H20N4O3. The Morgan fingerprint density at radius 1 is 1.11 bits per heavy atom. The Kier molecular flexibility index (Phi) is 5.30. The minimum atomic E-state index is -0.638. The number of hydrazone groups is 1. The van der Waals surface area contributed by atoms with Crippen molar-refractivity contribution in [2.45, 2.75) is 26.4 Å². The first-order chi connectivity index (χ1) is 12.9. The van der Waals surface area contributed by atoms with E-state index >= 15 is 0 Å². The summed E-state index contributed by atoms with van der Waals surface area (Å²) >= 11 is 0. The fourth-order valence-corrected chi connectivity index (χ4v) is 2.22. The van der Waals surface area contributed by atoms with Crippen molar-refractivity contribution in [1.82, 2.24) is 9.97 Å². The van der Waals surface area contributed by atoms with Gasteiger partial charge in [-0.05, 0) is 62.7 Å². The fourth-order valence-electron chi connectivity index (χ4n) is 2.22. The summed E-state index contributed by atoms with van der Waals surface area (Å²) in [6.45, 7) is 5.42. The summed E-state index contributed by atoms with van der Waals surface area (Å²) < 4.78 is 10.8. The summed E-state index contributed by atoms with van der Waals surface area (Å²) in [6, 6.07) is 10.8. The normalized spacial score (nSPS) is 11.5. The predicted molar refractivity (Wildman–Crippen MR) is 102 cm³/mol. The molecule has 0 aliphatic carbocycles. The Labute approximate surface area is 157 Å². The summed E-state index contributed by atoms with van der Waals surface area (Å²) in [4.78, 5) is 20.5. The molecular weight excluding hydrogens is 344 g/mol. The van der Waals surface area contributed by atoms with Gasteiger partial charge in [-0.15, -0.1) is 0 Å². The Morgan fingerprint density at radius 2 is 1.81 bits per heavy atom. The maximum Gasteiger partial charge on any atom is 0.435 e. The predicted octanol–water partition coefficient (Wildman–Crippen LogP) is 4.51. The largest absolute Gasteiger partial charge is 0.444 e. The highest BCUT2D eigenvalue weighted by molar-refractivity contribution is 5.91. The number of oxazole rings is 1. The lowest BCUT2D eigenvalue weighted by Gasteiger charge is -2.24. The Hall–Kier alpha value is -3.48. The fraction of sp³-hybridized carbons (Fsp3) is 0.200. The summed E-state index contributed by atoms with van der Waals surface area (Å²) in [6.07, 6.45) is 7.32. The zero-order valence-electron chi connectivity index (χ0n) is 15.4. The molecule has 0 unspecified atom stereocenters. The van der Waals surface area contributed by atoms with Gasteiger partial charge in [0.1, 0.15) is 5.60 Å². The number of rotatable bonds is 4. The van der Waals surface area contributed by atoms with Crippen LogP contribution in [-0.4, -0.2) is 27.9 Å². The van der Waals surface area contributed by atoms with Gasteiger partial charge in [0.05, 0.1) is 18.1 Å². The van der Waals surface area contributed by atoms with Crippen molar-refractivity contribution in [3.63, 3.8) is 0 Å². The van der Waals surface area contributed by atoms with E-state index in [2.05, 4.69) is 15.1 Å². The van der Waals surface area contributed by atoms with Crippen LogP contribution in [0.15, 0.2) is 70.9 Å². The number of aromatic nitrogens is 2. The molecule has 27 heavy (non-hydrogen) atoms. The number of carbonyl (C=O) groups excluding carboxylic acids is 1. The third kappa shape index (κ3) is 5.01. The number of amides is 1. The molecule has 0 saturated heterocycles. The minimum absolute atomic E-state index is 0.567. The van der Waals surface area contributed by atoms with Crippen LogP contribution in [0, 0.1) is 0 Å². The first-order valence-electron chi connectivity index (χ1n) is 8.38. The van der Waals surface area contributed by atoms with Crippen LogP contribution in [-0.2, 0) is 4.74 Å². The molecule has 0 radical (unpaired) electrons. The average Bonchev–Trinajstić information content (AvgIpc) is 3.16. The van der Waals surface area contributed by atoms with Crippen LogP contribution in [0.2, 0.25) is 0 Å². The molecule has 138 valence electrons. The number of anilines is 1. The molecule has 3 rings (SSSR count). The second-order valence-electron chi connectivity index (χ2n) is 6.73. The summed E-state index contributed by atoms with van der Waals surface area (Å²) in [5, 5.41) is 5.53. The smallest absolute Gasteiger partial charge is 0.435 e. The van der Waals surface area contributed by atoms with Gasteiger partial charge in [-0.3, -0.25) is 4.98 Å². The van der Waals surface area contributed by atoms with Crippen molar-refractivity contribution in [1.29, 1.82) is 0 Å². The van der Waals surface area contributed by atoms with E-state index in [-0.39, 0.29) is 0 Å². The lowest BCUT2D eigenvalue weighted by atomic mass is 10.1. The molecule has 7 nitrogen and oxygen atoms in total. The number of hydrogen-bond donors (Lipinski definition) is 0. The summed E-state index contributed by atoms with van der Waals surface area (Å²) in [5.74, 6) is 0.644. The standard InChI is InChI=1S/C20H20N4O3/c1-20(2,3)27-19(25)24(23-12-15-8-10-21-11-9-15)17-6-4-16(5-7-17)18-13-22-14-26-18/h4-14H,1-3H3/b23-12-. The lowest BCUT2D eigenvalue weighted by molar-refractivity contribution is 0.0581. The van der Waals surface area contributed by atoms with Gasteiger partial charge in [-0.25, -0.2) is 9.78 Å². The topological polar surface area (TPSA) is 80.8 Å². The molecule has 0 fully saturated rings. The molecule has 1 amide bonds. The molecule has 0 aliphatic heterocycles. The van der Waals surface area contributed by atoms with E-state index in [0.29, 0.717) is 11.4 Å². The molecule has 0 aliphatic rings. The molecule has 0 atom stereocenters. The number of ether oxygens (including phenoxy) is 1. The van der Waals surface area contributed by atoms with E-state index in [1.54, 1.807) is 49.1 Å². The van der Waals surface area contributed by atoms with Crippen molar-refractivity contribution in [3.8, 4) is 11.3 Å². The van der Waals surface area contributed by atoms with Crippen molar-refractivity contribution in [3.05, 3.63) is 66.9 Å². The van der Waals surface area contributed by atoms with E-state index in [9.17, 15) is 4.79 Å². The van der Waals surface area contributed by atoms with E-state index in [0.717, 1.165) is 11.1 Å². The number of benzene rings is 1. The number of nitrogens with zero attached hydrogens (tertiary/aromatic N) is 4. The van der Waals surface area contributed by atoms with E-state index in [4.69, 9.17) is 9.15 Å². The molecule has 7 heteroatoms. The first-order valence-corrected chi connectivity index (χ1v) is 8.38. The molecule has 0 saturated carbocycles. The summed E-state index contributed by atoms with van der Waals surface area (Å²) in [7, 11) is 0. The van der Waals surface area contributed by atoms with Crippen LogP contribution in [0.3, 0.4) is 0 Å². The number of hydrogen-bond acceptors (Lipinski definition) is 6. The molecule has 2 aromatic heterocycles. The third-order valence-electron chi connectivity index (χ3n) is 3.42. The Balaban J connectivity index is 1.88.